The second-order valence-corrected chi connectivity index (χ2v) is 9.64. The van der Waals surface area contributed by atoms with Crippen molar-refractivity contribution in [3.05, 3.63) is 64.4 Å². The standard InChI is InChI=1S/C23H28ClFN2O2S/c24-20-3-1-2-18(14-20)17-4-7-22(8-5-17)26-10-12-27(13-11-26)23-9-6-21(25)15-19(23)16-30(28)29/h1-3,6,9,14-15,17,22H,4-5,7-8,10-13,16H2,(H,28,29)/p-1. The molecule has 4 rings (SSSR count). The Morgan fingerprint density at radius 3 is 2.43 bits per heavy atom. The molecule has 1 saturated carbocycles. The van der Waals surface area contributed by atoms with Crippen LogP contribution in [-0.2, 0) is 16.8 Å². The molecule has 1 atom stereocenters. The molecular formula is C23H27ClFN2O2S-. The number of benzene rings is 2. The third-order valence-corrected chi connectivity index (χ3v) is 7.28. The van der Waals surface area contributed by atoms with E-state index in [-0.39, 0.29) is 5.75 Å². The van der Waals surface area contributed by atoms with Crippen molar-refractivity contribution < 1.29 is 13.2 Å². The largest absolute Gasteiger partial charge is 0.772 e. The fourth-order valence-electron chi connectivity index (χ4n) is 4.97. The number of rotatable bonds is 5. The predicted molar refractivity (Wildman–Crippen MR) is 119 cm³/mol. The molecule has 1 unspecified atom stereocenters. The first-order chi connectivity index (χ1) is 14.5. The molecule has 0 aromatic heterocycles. The Balaban J connectivity index is 1.33. The van der Waals surface area contributed by atoms with Crippen LogP contribution >= 0.6 is 11.6 Å². The van der Waals surface area contributed by atoms with Gasteiger partial charge < -0.3 is 9.45 Å². The van der Waals surface area contributed by atoms with Gasteiger partial charge in [0, 0.05) is 48.7 Å². The van der Waals surface area contributed by atoms with Crippen LogP contribution in [0.25, 0.3) is 0 Å². The fourth-order valence-corrected chi connectivity index (χ4v) is 5.65. The molecule has 1 aliphatic carbocycles. The van der Waals surface area contributed by atoms with Crippen molar-refractivity contribution in [3.8, 4) is 0 Å². The first-order valence-corrected chi connectivity index (χ1v) is 12.2. The number of hydrogen-bond acceptors (Lipinski definition) is 4. The lowest BCUT2D eigenvalue weighted by atomic mass is 9.81. The molecule has 1 saturated heterocycles. The first kappa shape index (κ1) is 21.8. The number of hydrogen-bond donors (Lipinski definition) is 0. The zero-order valence-corrected chi connectivity index (χ0v) is 18.5. The van der Waals surface area contributed by atoms with Gasteiger partial charge in [-0.25, -0.2) is 4.39 Å². The van der Waals surface area contributed by atoms with E-state index in [1.54, 1.807) is 6.07 Å². The summed E-state index contributed by atoms with van der Waals surface area (Å²) >= 11 is 3.92. The van der Waals surface area contributed by atoms with Gasteiger partial charge in [-0.2, -0.15) is 0 Å². The highest BCUT2D eigenvalue weighted by Gasteiger charge is 2.29. The molecule has 0 amide bonds. The van der Waals surface area contributed by atoms with Gasteiger partial charge in [-0.05, 0) is 73.1 Å². The molecule has 7 heteroatoms. The summed E-state index contributed by atoms with van der Waals surface area (Å²) in [4.78, 5) is 4.76. The van der Waals surface area contributed by atoms with E-state index in [1.165, 1.54) is 43.4 Å². The van der Waals surface area contributed by atoms with Crippen molar-refractivity contribution in [1.82, 2.24) is 4.90 Å². The van der Waals surface area contributed by atoms with Gasteiger partial charge >= 0.3 is 0 Å². The van der Waals surface area contributed by atoms with Crippen molar-refractivity contribution in [1.29, 1.82) is 0 Å². The number of piperazine rings is 1. The lowest BCUT2D eigenvalue weighted by molar-refractivity contribution is 0.141. The van der Waals surface area contributed by atoms with Crippen LogP contribution in [0.5, 0.6) is 0 Å². The van der Waals surface area contributed by atoms with Crippen LogP contribution in [0.3, 0.4) is 0 Å². The van der Waals surface area contributed by atoms with E-state index < -0.39 is 16.9 Å². The van der Waals surface area contributed by atoms with Gasteiger partial charge in [-0.3, -0.25) is 9.11 Å². The van der Waals surface area contributed by atoms with Crippen molar-refractivity contribution in [3.63, 3.8) is 0 Å². The molecule has 1 heterocycles. The molecule has 2 aliphatic rings. The third kappa shape index (κ3) is 5.22. The molecule has 162 valence electrons. The summed E-state index contributed by atoms with van der Waals surface area (Å²) in [5.41, 5.74) is 2.73. The van der Waals surface area contributed by atoms with Gasteiger partial charge in [0.2, 0.25) is 0 Å². The second-order valence-electron chi connectivity index (χ2n) is 8.30. The molecule has 30 heavy (non-hydrogen) atoms. The van der Waals surface area contributed by atoms with Crippen LogP contribution in [0.1, 0.15) is 42.7 Å². The van der Waals surface area contributed by atoms with Gasteiger partial charge in [0.25, 0.3) is 0 Å². The lowest BCUT2D eigenvalue weighted by Gasteiger charge is -2.43. The van der Waals surface area contributed by atoms with E-state index in [4.69, 9.17) is 11.6 Å². The molecular weight excluding hydrogens is 423 g/mol. The minimum atomic E-state index is -2.23. The summed E-state index contributed by atoms with van der Waals surface area (Å²) in [6.07, 6.45) is 4.74. The van der Waals surface area contributed by atoms with Crippen LogP contribution < -0.4 is 4.90 Å². The maximum atomic E-state index is 13.6. The van der Waals surface area contributed by atoms with E-state index >= 15 is 0 Å². The SMILES string of the molecule is O=S([O-])Cc1cc(F)ccc1N1CCN(C2CCC(c3cccc(Cl)c3)CC2)CC1. The minimum Gasteiger partial charge on any atom is -0.772 e. The van der Waals surface area contributed by atoms with Gasteiger partial charge in [0.1, 0.15) is 5.82 Å². The fraction of sp³-hybridized carbons (Fsp3) is 0.478. The Morgan fingerprint density at radius 1 is 1.03 bits per heavy atom. The lowest BCUT2D eigenvalue weighted by Crippen LogP contribution is -2.51. The maximum absolute atomic E-state index is 13.6. The molecule has 2 fully saturated rings. The summed E-state index contributed by atoms with van der Waals surface area (Å²) in [5, 5.41) is 0.812. The van der Waals surface area contributed by atoms with Crippen LogP contribution in [0.2, 0.25) is 5.02 Å². The number of halogens is 2. The highest BCUT2D eigenvalue weighted by atomic mass is 35.5. The molecule has 0 bridgehead atoms. The van der Waals surface area contributed by atoms with Crippen LogP contribution in [0.4, 0.5) is 10.1 Å². The molecule has 4 nitrogen and oxygen atoms in total. The summed E-state index contributed by atoms with van der Waals surface area (Å²) in [5.74, 6) is 0.0474. The Hall–Kier alpha value is -1.47. The topological polar surface area (TPSA) is 46.6 Å². The average Bonchev–Trinajstić information content (AvgIpc) is 2.74. The van der Waals surface area contributed by atoms with Crippen LogP contribution in [0, 0.1) is 5.82 Å². The van der Waals surface area contributed by atoms with Crippen molar-refractivity contribution in [2.45, 2.75) is 43.4 Å². The zero-order valence-electron chi connectivity index (χ0n) is 16.9. The summed E-state index contributed by atoms with van der Waals surface area (Å²) < 4.78 is 35.9. The number of nitrogens with zero attached hydrogens (tertiary/aromatic N) is 2. The third-order valence-electron chi connectivity index (χ3n) is 6.50. The number of anilines is 1. The molecule has 0 N–H and O–H groups in total. The van der Waals surface area contributed by atoms with Gasteiger partial charge in [-0.1, -0.05) is 34.8 Å². The second kappa shape index (κ2) is 9.77. The van der Waals surface area contributed by atoms with Gasteiger partial charge in [0.05, 0.1) is 0 Å². The highest BCUT2D eigenvalue weighted by molar-refractivity contribution is 7.78. The summed E-state index contributed by atoms with van der Waals surface area (Å²) in [6, 6.07) is 13.3. The molecule has 2 aromatic carbocycles. The van der Waals surface area contributed by atoms with E-state index in [1.807, 2.05) is 12.1 Å². The zero-order chi connectivity index (χ0) is 21.1. The average molecular weight is 450 g/mol. The Kier molecular flexibility index (Phi) is 7.08. The first-order valence-electron chi connectivity index (χ1n) is 10.6. The van der Waals surface area contributed by atoms with E-state index in [9.17, 15) is 13.2 Å². The van der Waals surface area contributed by atoms with E-state index in [2.05, 4.69) is 21.9 Å². The minimum absolute atomic E-state index is 0.152. The Bertz CT molecular complexity index is 897. The van der Waals surface area contributed by atoms with Gasteiger partial charge in [0.15, 0.2) is 0 Å². The quantitative estimate of drug-likeness (QED) is 0.620. The van der Waals surface area contributed by atoms with E-state index in [0.29, 0.717) is 17.5 Å². The van der Waals surface area contributed by atoms with Crippen LogP contribution in [-0.4, -0.2) is 45.9 Å². The van der Waals surface area contributed by atoms with Crippen molar-refractivity contribution in [2.24, 2.45) is 0 Å². The maximum Gasteiger partial charge on any atom is 0.123 e. The normalized spacial score (nSPS) is 24.0. The Labute approximate surface area is 185 Å². The Morgan fingerprint density at radius 2 is 1.77 bits per heavy atom. The molecule has 0 radical (unpaired) electrons. The molecule has 2 aromatic rings. The highest BCUT2D eigenvalue weighted by Crippen LogP contribution is 2.36. The van der Waals surface area contributed by atoms with Crippen LogP contribution in [0.15, 0.2) is 42.5 Å². The predicted octanol–water partition coefficient (Wildman–Crippen LogP) is 4.71. The van der Waals surface area contributed by atoms with Crippen molar-refractivity contribution in [2.75, 3.05) is 31.1 Å². The van der Waals surface area contributed by atoms with Crippen molar-refractivity contribution >= 4 is 28.4 Å². The molecule has 1 aliphatic heterocycles. The summed E-state index contributed by atoms with van der Waals surface area (Å²) in [7, 11) is 0. The molecule has 0 spiro atoms. The smallest absolute Gasteiger partial charge is 0.123 e. The van der Waals surface area contributed by atoms with E-state index in [0.717, 1.165) is 36.9 Å². The monoisotopic (exact) mass is 449 g/mol. The summed E-state index contributed by atoms with van der Waals surface area (Å²) in [6.45, 7) is 3.56. The van der Waals surface area contributed by atoms with Gasteiger partial charge in [-0.15, -0.1) is 0 Å².